The van der Waals surface area contributed by atoms with Crippen LogP contribution in [0.5, 0.6) is 5.75 Å². The topological polar surface area (TPSA) is 131 Å². The second-order valence-electron chi connectivity index (χ2n) is 7.03. The van der Waals surface area contributed by atoms with Gasteiger partial charge in [-0.15, -0.1) is 0 Å². The largest absolute Gasteiger partial charge is 0.492 e. The zero-order chi connectivity index (χ0) is 24.1. The summed E-state index contributed by atoms with van der Waals surface area (Å²) in [6.07, 6.45) is 0. The fourth-order valence-electron chi connectivity index (χ4n) is 3.18. The molecular formula is C23H27N3O5S. The third-order valence-corrected chi connectivity index (χ3v) is 5.50. The van der Waals surface area contributed by atoms with Gasteiger partial charge < -0.3 is 15.8 Å². The quantitative estimate of drug-likeness (QED) is 0.290. The fraction of sp³-hybridized carbons (Fsp3) is 0.217. The van der Waals surface area contributed by atoms with Crippen LogP contribution in [0, 0.1) is 13.8 Å². The zero-order valence-corrected chi connectivity index (χ0v) is 19.3. The minimum absolute atomic E-state index is 0.0991. The van der Waals surface area contributed by atoms with Crippen LogP contribution in [0.2, 0.25) is 0 Å². The maximum absolute atomic E-state index is 11.3. The monoisotopic (exact) mass is 457 g/mol. The van der Waals surface area contributed by atoms with Crippen LogP contribution in [0.4, 0.5) is 17.1 Å². The van der Waals surface area contributed by atoms with Gasteiger partial charge in [-0.05, 0) is 62.9 Å². The first kappa shape index (κ1) is 24.8. The molecule has 0 spiro atoms. The number of hydrogen-bond acceptors (Lipinski definition) is 6. The smallest absolute Gasteiger partial charge is 0.295 e. The van der Waals surface area contributed by atoms with Crippen molar-refractivity contribution >= 4 is 50.6 Å². The number of nitrogens with one attached hydrogen (secondary N) is 1. The molecule has 0 atom stereocenters. The van der Waals surface area contributed by atoms with Crippen molar-refractivity contribution < 1.29 is 22.5 Å². The Bertz CT molecular complexity index is 1270. The Balaban J connectivity index is 0.000000229. The fourth-order valence-corrected chi connectivity index (χ4v) is 3.96. The van der Waals surface area contributed by atoms with Gasteiger partial charge in [0, 0.05) is 23.4 Å². The van der Waals surface area contributed by atoms with Gasteiger partial charge in [-0.3, -0.25) is 14.3 Å². The van der Waals surface area contributed by atoms with Crippen molar-refractivity contribution in [1.29, 1.82) is 0 Å². The number of nitrogen functional groups attached to an aromatic ring is 1. The van der Waals surface area contributed by atoms with E-state index in [1.165, 1.54) is 13.0 Å². The van der Waals surface area contributed by atoms with Crippen LogP contribution < -0.4 is 15.8 Å². The van der Waals surface area contributed by atoms with Crippen LogP contribution in [-0.2, 0) is 14.9 Å². The molecule has 9 heteroatoms. The van der Waals surface area contributed by atoms with Crippen LogP contribution in [0.1, 0.15) is 25.0 Å². The molecule has 0 aromatic heterocycles. The number of hydrogen-bond donors (Lipinski definition) is 3. The number of fused-ring (bicyclic) bond motifs is 1. The van der Waals surface area contributed by atoms with Gasteiger partial charge in [0.05, 0.1) is 18.0 Å². The predicted octanol–water partition coefficient (Wildman–Crippen LogP) is 4.66. The molecule has 0 aliphatic rings. The van der Waals surface area contributed by atoms with Gasteiger partial charge in [0.2, 0.25) is 5.91 Å². The number of carbonyl (C=O) groups excluding carboxylic acids is 1. The van der Waals surface area contributed by atoms with Crippen molar-refractivity contribution in [3.63, 3.8) is 0 Å². The van der Waals surface area contributed by atoms with Crippen LogP contribution >= 0.6 is 0 Å². The molecular weight excluding hydrogens is 430 g/mol. The number of carbonyl (C=O) groups is 1. The first-order valence-electron chi connectivity index (χ1n) is 9.76. The van der Waals surface area contributed by atoms with E-state index in [1.54, 1.807) is 37.3 Å². The zero-order valence-electron chi connectivity index (χ0n) is 18.5. The number of rotatable bonds is 5. The van der Waals surface area contributed by atoms with E-state index in [-0.39, 0.29) is 10.8 Å². The van der Waals surface area contributed by atoms with E-state index >= 15 is 0 Å². The molecule has 0 unspecified atom stereocenters. The number of nitrogens with two attached hydrogens (primary N) is 1. The number of anilines is 2. The number of amides is 1. The first-order valence-corrected chi connectivity index (χ1v) is 11.2. The summed E-state index contributed by atoms with van der Waals surface area (Å²) in [6, 6.07) is 11.7. The number of aliphatic imine (C=N–C) groups is 1. The molecule has 0 bridgehead atoms. The second-order valence-corrected chi connectivity index (χ2v) is 8.42. The second kappa shape index (κ2) is 10.3. The SMILES string of the molecule is C=Nc1ccc(C)c2c(S(=O)(=O)O)cccc12.CCOc1cc(C)c(NC(C)=O)cc1N. The van der Waals surface area contributed by atoms with Crippen molar-refractivity contribution in [1.82, 2.24) is 0 Å². The van der Waals surface area contributed by atoms with Crippen molar-refractivity contribution in [3.8, 4) is 5.75 Å². The lowest BCUT2D eigenvalue weighted by atomic mass is 10.0. The molecule has 3 aromatic carbocycles. The highest BCUT2D eigenvalue weighted by Gasteiger charge is 2.16. The van der Waals surface area contributed by atoms with Crippen LogP contribution in [0.3, 0.4) is 0 Å². The molecule has 4 N–H and O–H groups in total. The van der Waals surface area contributed by atoms with Crippen molar-refractivity contribution in [2.45, 2.75) is 32.6 Å². The predicted molar refractivity (Wildman–Crippen MR) is 129 cm³/mol. The van der Waals surface area contributed by atoms with E-state index in [0.717, 1.165) is 16.8 Å². The van der Waals surface area contributed by atoms with Gasteiger partial charge in [0.25, 0.3) is 10.1 Å². The lowest BCUT2D eigenvalue weighted by Crippen LogP contribution is -2.08. The highest BCUT2D eigenvalue weighted by molar-refractivity contribution is 7.86. The summed E-state index contributed by atoms with van der Waals surface area (Å²) in [6.45, 7) is 11.1. The number of aryl methyl sites for hydroxylation is 2. The Kier molecular flexibility index (Phi) is 7.96. The van der Waals surface area contributed by atoms with Gasteiger partial charge >= 0.3 is 0 Å². The summed E-state index contributed by atoms with van der Waals surface area (Å²) in [5.41, 5.74) is 9.33. The molecule has 0 fully saturated rings. The van der Waals surface area contributed by atoms with E-state index in [1.807, 2.05) is 19.9 Å². The Hall–Kier alpha value is -3.43. The van der Waals surface area contributed by atoms with E-state index in [0.29, 0.717) is 34.5 Å². The molecule has 3 aromatic rings. The molecule has 0 radical (unpaired) electrons. The standard InChI is InChI=1S/C12H11NO3S.C11H16N2O2/c1-8-6-7-10(13-2)9-4-3-5-11(12(8)9)17(14,15)16;1-4-15-11-5-7(2)10(6-9(11)12)13-8(3)14/h3-7H,2H2,1H3,(H,14,15,16);5-6H,4,12H2,1-3H3,(H,13,14). The summed E-state index contributed by atoms with van der Waals surface area (Å²) < 4.78 is 37.2. The molecule has 32 heavy (non-hydrogen) atoms. The van der Waals surface area contributed by atoms with Crippen LogP contribution in [0.25, 0.3) is 10.8 Å². The van der Waals surface area contributed by atoms with Crippen LogP contribution in [-0.4, -0.2) is 32.2 Å². The van der Waals surface area contributed by atoms with E-state index in [9.17, 15) is 17.8 Å². The maximum atomic E-state index is 11.3. The number of benzene rings is 3. The van der Waals surface area contributed by atoms with Crippen LogP contribution in [0.15, 0.2) is 52.4 Å². The number of nitrogens with zero attached hydrogens (tertiary/aromatic N) is 1. The molecule has 0 heterocycles. The Morgan fingerprint density at radius 3 is 2.44 bits per heavy atom. The maximum Gasteiger partial charge on any atom is 0.295 e. The Labute approximate surface area is 187 Å². The molecule has 1 amide bonds. The van der Waals surface area contributed by atoms with Crippen molar-refractivity contribution in [3.05, 3.63) is 53.6 Å². The summed E-state index contributed by atoms with van der Waals surface area (Å²) in [5.74, 6) is 0.547. The molecule has 8 nitrogen and oxygen atoms in total. The van der Waals surface area contributed by atoms with E-state index < -0.39 is 10.1 Å². The minimum atomic E-state index is -4.24. The third-order valence-electron chi connectivity index (χ3n) is 4.60. The molecule has 0 saturated carbocycles. The van der Waals surface area contributed by atoms with Gasteiger partial charge in [-0.25, -0.2) is 0 Å². The highest BCUT2D eigenvalue weighted by atomic mass is 32.2. The Morgan fingerprint density at radius 2 is 1.88 bits per heavy atom. The van der Waals surface area contributed by atoms with Gasteiger partial charge in [0.15, 0.2) is 0 Å². The van der Waals surface area contributed by atoms with E-state index in [2.05, 4.69) is 17.0 Å². The number of ether oxygens (including phenoxy) is 1. The molecule has 0 aliphatic heterocycles. The van der Waals surface area contributed by atoms with Crippen molar-refractivity contribution in [2.75, 3.05) is 17.7 Å². The highest BCUT2D eigenvalue weighted by Crippen LogP contribution is 2.33. The average Bonchev–Trinajstić information content (AvgIpc) is 2.71. The third kappa shape index (κ3) is 5.83. The summed E-state index contributed by atoms with van der Waals surface area (Å²) >= 11 is 0. The minimum Gasteiger partial charge on any atom is -0.492 e. The first-order chi connectivity index (χ1) is 15.0. The Morgan fingerprint density at radius 1 is 1.19 bits per heavy atom. The molecule has 0 saturated heterocycles. The van der Waals surface area contributed by atoms with Gasteiger partial charge in [-0.1, -0.05) is 18.2 Å². The van der Waals surface area contributed by atoms with Gasteiger partial charge in [-0.2, -0.15) is 8.42 Å². The molecule has 170 valence electrons. The normalized spacial score (nSPS) is 10.8. The summed E-state index contributed by atoms with van der Waals surface area (Å²) in [4.78, 5) is 14.6. The lowest BCUT2D eigenvalue weighted by Gasteiger charge is -2.12. The van der Waals surface area contributed by atoms with E-state index in [4.69, 9.17) is 10.5 Å². The summed E-state index contributed by atoms with van der Waals surface area (Å²) in [5, 5.41) is 3.86. The summed E-state index contributed by atoms with van der Waals surface area (Å²) in [7, 11) is -4.24. The van der Waals surface area contributed by atoms with Crippen molar-refractivity contribution in [2.24, 2.45) is 4.99 Å². The van der Waals surface area contributed by atoms with Gasteiger partial charge in [0.1, 0.15) is 10.6 Å². The average molecular weight is 458 g/mol. The molecule has 0 aliphatic carbocycles. The molecule has 3 rings (SSSR count). The lowest BCUT2D eigenvalue weighted by molar-refractivity contribution is -0.114.